The third kappa shape index (κ3) is 3.69. The van der Waals surface area contributed by atoms with E-state index in [0.717, 1.165) is 11.1 Å². The maximum absolute atomic E-state index is 13.4. The average Bonchev–Trinajstić information content (AvgIpc) is 3.19. The zero-order valence-corrected chi connectivity index (χ0v) is 16.1. The van der Waals surface area contributed by atoms with Gasteiger partial charge in [-0.15, -0.1) is 0 Å². The first kappa shape index (κ1) is 18.7. The van der Waals surface area contributed by atoms with E-state index in [1.54, 1.807) is 32.7 Å². The van der Waals surface area contributed by atoms with E-state index in [-0.39, 0.29) is 11.3 Å². The van der Waals surface area contributed by atoms with E-state index < -0.39 is 0 Å². The van der Waals surface area contributed by atoms with Crippen LogP contribution < -0.4 is 15.0 Å². The van der Waals surface area contributed by atoms with Crippen LogP contribution in [0.25, 0.3) is 22.6 Å². The van der Waals surface area contributed by atoms with Crippen LogP contribution in [0.2, 0.25) is 0 Å². The number of nitrogens with zero attached hydrogens (tertiary/aromatic N) is 3. The van der Waals surface area contributed by atoms with E-state index in [4.69, 9.17) is 19.9 Å². The Balaban J connectivity index is 1.75. The van der Waals surface area contributed by atoms with Gasteiger partial charge in [0, 0.05) is 6.54 Å². The number of benzene rings is 2. The van der Waals surface area contributed by atoms with Crippen molar-refractivity contribution in [3.8, 4) is 22.9 Å². The first-order valence-corrected chi connectivity index (χ1v) is 9.05. The fourth-order valence-corrected chi connectivity index (χ4v) is 3.22. The minimum Gasteiger partial charge on any atom is -0.497 e. The molecule has 2 aromatic carbocycles. The molecule has 29 heavy (non-hydrogen) atoms. The Kier molecular flexibility index (Phi) is 4.99. The fraction of sp³-hybridized carbons (Fsp3) is 0.190. The molecule has 4 aromatic rings. The second-order valence-corrected chi connectivity index (χ2v) is 6.52. The van der Waals surface area contributed by atoms with Crippen molar-refractivity contribution in [2.24, 2.45) is 0 Å². The van der Waals surface area contributed by atoms with Crippen LogP contribution in [0.1, 0.15) is 5.56 Å². The van der Waals surface area contributed by atoms with Gasteiger partial charge in [-0.05, 0) is 42.3 Å². The number of H-pyrrole nitrogens is 1. The molecule has 7 nitrogen and oxygen atoms in total. The lowest BCUT2D eigenvalue weighted by Gasteiger charge is -2.08. The van der Waals surface area contributed by atoms with Gasteiger partial charge in [0.1, 0.15) is 28.7 Å². The Morgan fingerprint density at radius 2 is 2.00 bits per heavy atom. The van der Waals surface area contributed by atoms with Gasteiger partial charge in [0.2, 0.25) is 0 Å². The van der Waals surface area contributed by atoms with E-state index >= 15 is 0 Å². The van der Waals surface area contributed by atoms with Crippen LogP contribution in [0.4, 0.5) is 4.39 Å². The molecule has 2 N–H and O–H groups in total. The number of rotatable bonds is 6. The summed E-state index contributed by atoms with van der Waals surface area (Å²) in [6.07, 6.45) is 2.19. The number of methoxy groups -OCH3 is 2. The number of aryl methyl sites for hydroxylation is 2. The maximum atomic E-state index is 13.4. The Labute approximate surface area is 166 Å². The molecule has 0 aliphatic rings. The molecular weight excluding hydrogens is 373 g/mol. The van der Waals surface area contributed by atoms with Crippen molar-refractivity contribution in [1.29, 1.82) is 5.41 Å². The van der Waals surface area contributed by atoms with Crippen LogP contribution in [0.3, 0.4) is 0 Å². The lowest BCUT2D eigenvalue weighted by molar-refractivity contribution is 0.404. The van der Waals surface area contributed by atoms with E-state index in [1.807, 2.05) is 22.8 Å². The summed E-state index contributed by atoms with van der Waals surface area (Å²) in [5.41, 5.74) is 2.82. The number of halogens is 1. The smallest absolute Gasteiger partial charge is 0.173 e. The van der Waals surface area contributed by atoms with E-state index in [9.17, 15) is 4.39 Å². The molecule has 0 bridgehead atoms. The molecule has 4 rings (SSSR count). The van der Waals surface area contributed by atoms with Gasteiger partial charge in [-0.2, -0.15) is 0 Å². The van der Waals surface area contributed by atoms with Gasteiger partial charge in [0.05, 0.1) is 26.1 Å². The number of hydrogen-bond acceptors (Lipinski definition) is 5. The normalized spacial score (nSPS) is 11.0. The van der Waals surface area contributed by atoms with Crippen molar-refractivity contribution in [1.82, 2.24) is 19.5 Å². The number of aromatic nitrogens is 4. The SMILES string of the molecule is COc1ccc(OC)c(-c2nc3c([nH]2)c(=N)ncn3CCc2cccc(F)c2)c1. The van der Waals surface area contributed by atoms with Crippen LogP contribution in [-0.4, -0.2) is 33.7 Å². The highest BCUT2D eigenvalue weighted by molar-refractivity contribution is 5.77. The quantitative estimate of drug-likeness (QED) is 0.526. The van der Waals surface area contributed by atoms with Gasteiger partial charge in [0.15, 0.2) is 11.1 Å². The number of ether oxygens (including phenoxy) is 2. The van der Waals surface area contributed by atoms with Crippen molar-refractivity contribution in [3.05, 3.63) is 65.7 Å². The lowest BCUT2D eigenvalue weighted by atomic mass is 10.1. The first-order chi connectivity index (χ1) is 14.1. The standard InChI is InChI=1S/C21H20FN5O2/c1-28-15-6-7-17(29-2)16(11-15)20-25-18-19(23)24-12-27(21(18)26-20)9-8-13-4-3-5-14(22)10-13/h3-7,10-12,23H,8-9H2,1-2H3,(H,25,26). The molecule has 0 unspecified atom stereocenters. The number of nitrogens with one attached hydrogen (secondary N) is 2. The Morgan fingerprint density at radius 3 is 2.76 bits per heavy atom. The van der Waals surface area contributed by atoms with Gasteiger partial charge >= 0.3 is 0 Å². The van der Waals surface area contributed by atoms with Crippen molar-refractivity contribution < 1.29 is 13.9 Å². The zero-order valence-electron chi connectivity index (χ0n) is 16.1. The summed E-state index contributed by atoms with van der Waals surface area (Å²) in [4.78, 5) is 12.0. The molecule has 0 saturated heterocycles. The highest BCUT2D eigenvalue weighted by atomic mass is 19.1. The summed E-state index contributed by atoms with van der Waals surface area (Å²) in [7, 11) is 3.18. The first-order valence-electron chi connectivity index (χ1n) is 9.05. The van der Waals surface area contributed by atoms with E-state index in [2.05, 4.69) is 9.97 Å². The number of imidazole rings is 1. The van der Waals surface area contributed by atoms with Crippen LogP contribution in [0, 0.1) is 11.2 Å². The van der Waals surface area contributed by atoms with E-state index in [1.165, 1.54) is 12.1 Å². The molecule has 0 amide bonds. The summed E-state index contributed by atoms with van der Waals surface area (Å²) >= 11 is 0. The maximum Gasteiger partial charge on any atom is 0.173 e. The Morgan fingerprint density at radius 1 is 1.14 bits per heavy atom. The van der Waals surface area contributed by atoms with Crippen molar-refractivity contribution in [2.75, 3.05) is 14.2 Å². The highest BCUT2D eigenvalue weighted by Gasteiger charge is 2.15. The molecule has 0 saturated carbocycles. The lowest BCUT2D eigenvalue weighted by Crippen LogP contribution is -2.13. The zero-order chi connectivity index (χ0) is 20.4. The van der Waals surface area contributed by atoms with E-state index in [0.29, 0.717) is 41.5 Å². The molecule has 0 atom stereocenters. The minimum atomic E-state index is -0.260. The largest absolute Gasteiger partial charge is 0.497 e. The van der Waals surface area contributed by atoms with Gasteiger partial charge < -0.3 is 19.0 Å². The van der Waals surface area contributed by atoms with Crippen molar-refractivity contribution in [3.63, 3.8) is 0 Å². The number of hydrogen-bond donors (Lipinski definition) is 2. The summed E-state index contributed by atoms with van der Waals surface area (Å²) < 4.78 is 26.1. The summed E-state index contributed by atoms with van der Waals surface area (Å²) in [5, 5.41) is 8.14. The van der Waals surface area contributed by atoms with Crippen LogP contribution in [-0.2, 0) is 13.0 Å². The summed E-state index contributed by atoms with van der Waals surface area (Å²) in [6, 6.07) is 11.9. The van der Waals surface area contributed by atoms with Crippen LogP contribution in [0.15, 0.2) is 48.8 Å². The molecule has 2 aromatic heterocycles. The minimum absolute atomic E-state index is 0.0996. The van der Waals surface area contributed by atoms with Gasteiger partial charge in [-0.25, -0.2) is 14.4 Å². The predicted octanol–water partition coefficient (Wildman–Crippen LogP) is 3.30. The van der Waals surface area contributed by atoms with Gasteiger partial charge in [-0.3, -0.25) is 5.41 Å². The highest BCUT2D eigenvalue weighted by Crippen LogP contribution is 2.32. The summed E-state index contributed by atoms with van der Waals surface area (Å²) in [6.45, 7) is 0.548. The molecular formula is C21H20FN5O2. The fourth-order valence-electron chi connectivity index (χ4n) is 3.22. The van der Waals surface area contributed by atoms with Crippen molar-refractivity contribution >= 4 is 11.2 Å². The summed E-state index contributed by atoms with van der Waals surface area (Å²) in [5.74, 6) is 1.60. The second kappa shape index (κ2) is 7.75. The molecule has 0 radical (unpaired) electrons. The second-order valence-electron chi connectivity index (χ2n) is 6.52. The third-order valence-corrected chi connectivity index (χ3v) is 4.71. The van der Waals surface area contributed by atoms with Gasteiger partial charge in [-0.1, -0.05) is 12.1 Å². The Hall–Kier alpha value is -3.68. The monoisotopic (exact) mass is 393 g/mol. The molecule has 2 heterocycles. The molecule has 0 aliphatic carbocycles. The topological polar surface area (TPSA) is 88.8 Å². The average molecular weight is 393 g/mol. The Bertz CT molecular complexity index is 1230. The molecule has 0 aliphatic heterocycles. The van der Waals surface area contributed by atoms with Crippen molar-refractivity contribution in [2.45, 2.75) is 13.0 Å². The van der Waals surface area contributed by atoms with Gasteiger partial charge in [0.25, 0.3) is 0 Å². The number of fused-ring (bicyclic) bond motifs is 1. The van der Waals surface area contributed by atoms with Crippen LogP contribution in [0.5, 0.6) is 11.5 Å². The van der Waals surface area contributed by atoms with Crippen LogP contribution >= 0.6 is 0 Å². The molecule has 0 spiro atoms. The molecule has 148 valence electrons. The predicted molar refractivity (Wildman–Crippen MR) is 106 cm³/mol. The third-order valence-electron chi connectivity index (χ3n) is 4.71. The molecule has 8 heteroatoms. The number of aromatic amines is 1. The molecule has 0 fully saturated rings.